The first-order valence-corrected chi connectivity index (χ1v) is 12.1. The molecule has 1 aliphatic rings. The van der Waals surface area contributed by atoms with Crippen LogP contribution >= 0.6 is 0 Å². The number of rotatable bonds is 6. The normalized spacial score (nSPS) is 14.3. The second kappa shape index (κ2) is 10.2. The highest BCUT2D eigenvalue weighted by Crippen LogP contribution is 2.27. The van der Waals surface area contributed by atoms with E-state index in [1.165, 1.54) is 5.56 Å². The number of benzene rings is 1. The van der Waals surface area contributed by atoms with Gasteiger partial charge in [-0.25, -0.2) is 4.98 Å². The van der Waals surface area contributed by atoms with E-state index >= 15 is 0 Å². The molecule has 7 nitrogen and oxygen atoms in total. The zero-order chi connectivity index (χ0) is 24.2. The van der Waals surface area contributed by atoms with Crippen LogP contribution in [0.25, 0.3) is 22.0 Å². The van der Waals surface area contributed by atoms with Gasteiger partial charge in [0.25, 0.3) is 5.91 Å². The first-order chi connectivity index (χ1) is 17.0. The van der Waals surface area contributed by atoms with Gasteiger partial charge in [-0.15, -0.1) is 0 Å². The smallest absolute Gasteiger partial charge is 0.256 e. The van der Waals surface area contributed by atoms with E-state index < -0.39 is 0 Å². The van der Waals surface area contributed by atoms with Crippen LogP contribution in [0, 0.1) is 0 Å². The summed E-state index contributed by atoms with van der Waals surface area (Å²) < 4.78 is 0. The van der Waals surface area contributed by atoms with Crippen molar-refractivity contribution in [3.8, 4) is 11.1 Å². The van der Waals surface area contributed by atoms with Crippen molar-refractivity contribution >= 4 is 28.3 Å². The van der Waals surface area contributed by atoms with Gasteiger partial charge < -0.3 is 16.0 Å². The van der Waals surface area contributed by atoms with Crippen LogP contribution in [0.5, 0.6) is 0 Å². The van der Waals surface area contributed by atoms with Crippen molar-refractivity contribution in [3.63, 3.8) is 0 Å². The molecule has 1 fully saturated rings. The highest BCUT2D eigenvalue weighted by Gasteiger charge is 2.17. The second-order valence-electron chi connectivity index (χ2n) is 9.35. The summed E-state index contributed by atoms with van der Waals surface area (Å²) >= 11 is 0. The highest BCUT2D eigenvalue weighted by molar-refractivity contribution is 6.04. The van der Waals surface area contributed by atoms with Crippen LogP contribution < -0.4 is 16.0 Å². The van der Waals surface area contributed by atoms with E-state index in [1.807, 2.05) is 48.9 Å². The van der Waals surface area contributed by atoms with Crippen molar-refractivity contribution in [1.29, 1.82) is 0 Å². The monoisotopic (exact) mass is 466 g/mol. The largest absolute Gasteiger partial charge is 0.382 e. The molecule has 7 heteroatoms. The minimum Gasteiger partial charge on any atom is -0.382 e. The SMILES string of the molecule is CC(C)Nc1cncc(-c2cnc3cnc(NC(=O)c4cccc(C5CCNCC5)c4)cc3c2)c1. The van der Waals surface area contributed by atoms with Gasteiger partial charge in [-0.2, -0.15) is 0 Å². The van der Waals surface area contributed by atoms with Crippen LogP contribution in [-0.4, -0.2) is 40.0 Å². The maximum absolute atomic E-state index is 13.0. The third kappa shape index (κ3) is 5.46. The van der Waals surface area contributed by atoms with Gasteiger partial charge in [-0.1, -0.05) is 12.1 Å². The van der Waals surface area contributed by atoms with Gasteiger partial charge in [0.2, 0.25) is 0 Å². The summed E-state index contributed by atoms with van der Waals surface area (Å²) in [5, 5.41) is 10.6. The number of pyridine rings is 3. The number of nitrogens with one attached hydrogen (secondary N) is 3. The molecule has 0 radical (unpaired) electrons. The molecule has 35 heavy (non-hydrogen) atoms. The third-order valence-electron chi connectivity index (χ3n) is 6.30. The Kier molecular flexibility index (Phi) is 6.68. The van der Waals surface area contributed by atoms with E-state index in [9.17, 15) is 4.79 Å². The topological polar surface area (TPSA) is 91.8 Å². The Morgan fingerprint density at radius 3 is 2.63 bits per heavy atom. The molecule has 4 aromatic rings. The lowest BCUT2D eigenvalue weighted by Gasteiger charge is -2.23. The fourth-order valence-electron chi connectivity index (χ4n) is 4.54. The first-order valence-electron chi connectivity index (χ1n) is 12.1. The van der Waals surface area contributed by atoms with Crippen LogP contribution in [0.15, 0.2) is 67.3 Å². The number of carbonyl (C=O) groups is 1. The summed E-state index contributed by atoms with van der Waals surface area (Å²) in [5.74, 6) is 0.839. The average molecular weight is 467 g/mol. The summed E-state index contributed by atoms with van der Waals surface area (Å²) in [6.45, 7) is 6.23. The molecular formula is C28H30N6O. The Balaban J connectivity index is 1.36. The highest BCUT2D eigenvalue weighted by atomic mass is 16.1. The summed E-state index contributed by atoms with van der Waals surface area (Å²) in [7, 11) is 0. The van der Waals surface area contributed by atoms with E-state index in [1.54, 1.807) is 6.20 Å². The molecule has 5 rings (SSSR count). The van der Waals surface area contributed by atoms with Crippen molar-refractivity contribution in [1.82, 2.24) is 20.3 Å². The summed E-state index contributed by atoms with van der Waals surface area (Å²) in [6, 6.07) is 14.2. The van der Waals surface area contributed by atoms with Crippen molar-refractivity contribution < 1.29 is 4.79 Å². The predicted molar refractivity (Wildman–Crippen MR) is 141 cm³/mol. The van der Waals surface area contributed by atoms with Crippen molar-refractivity contribution in [2.75, 3.05) is 23.7 Å². The molecule has 0 aliphatic carbocycles. The van der Waals surface area contributed by atoms with E-state index in [2.05, 4.69) is 56.9 Å². The Morgan fingerprint density at radius 2 is 1.80 bits per heavy atom. The van der Waals surface area contributed by atoms with Gasteiger partial charge in [-0.3, -0.25) is 14.8 Å². The second-order valence-corrected chi connectivity index (χ2v) is 9.35. The van der Waals surface area contributed by atoms with E-state index in [-0.39, 0.29) is 5.91 Å². The lowest BCUT2D eigenvalue weighted by Crippen LogP contribution is -2.26. The van der Waals surface area contributed by atoms with Crippen LogP contribution in [0.3, 0.4) is 0 Å². The fraction of sp³-hybridized carbons (Fsp3) is 0.286. The third-order valence-corrected chi connectivity index (χ3v) is 6.30. The molecule has 3 N–H and O–H groups in total. The van der Waals surface area contributed by atoms with Crippen LogP contribution in [-0.2, 0) is 0 Å². The molecule has 4 heterocycles. The van der Waals surface area contributed by atoms with Crippen LogP contribution in [0.2, 0.25) is 0 Å². The quantitative estimate of drug-likeness (QED) is 0.360. The molecule has 0 unspecified atom stereocenters. The van der Waals surface area contributed by atoms with Crippen molar-refractivity contribution in [3.05, 3.63) is 78.4 Å². The number of aromatic nitrogens is 3. The Hall–Kier alpha value is -3.84. The number of anilines is 2. The minimum absolute atomic E-state index is 0.159. The Bertz CT molecular complexity index is 1350. The number of amides is 1. The Morgan fingerprint density at radius 1 is 0.971 bits per heavy atom. The summed E-state index contributed by atoms with van der Waals surface area (Å²) in [6.07, 6.45) is 9.35. The van der Waals surface area contributed by atoms with Gasteiger partial charge in [0.1, 0.15) is 5.82 Å². The van der Waals surface area contributed by atoms with E-state index in [0.29, 0.717) is 23.3 Å². The molecule has 178 valence electrons. The van der Waals surface area contributed by atoms with Crippen LogP contribution in [0.1, 0.15) is 48.5 Å². The lowest BCUT2D eigenvalue weighted by molar-refractivity contribution is 0.102. The molecule has 3 aromatic heterocycles. The molecule has 0 bridgehead atoms. The molecule has 1 aliphatic heterocycles. The molecule has 0 spiro atoms. The number of carbonyl (C=O) groups excluding carboxylic acids is 1. The molecule has 1 saturated heterocycles. The van der Waals surface area contributed by atoms with Gasteiger partial charge in [0, 0.05) is 46.7 Å². The zero-order valence-corrected chi connectivity index (χ0v) is 20.1. The van der Waals surface area contributed by atoms with Gasteiger partial charge in [0.15, 0.2) is 0 Å². The number of piperidine rings is 1. The van der Waals surface area contributed by atoms with Crippen LogP contribution in [0.4, 0.5) is 11.5 Å². The number of fused-ring (bicyclic) bond motifs is 1. The summed E-state index contributed by atoms with van der Waals surface area (Å²) in [5.41, 5.74) is 5.53. The van der Waals surface area contributed by atoms with Crippen molar-refractivity contribution in [2.24, 2.45) is 0 Å². The number of nitrogens with zero attached hydrogens (tertiary/aromatic N) is 3. The maximum Gasteiger partial charge on any atom is 0.256 e. The molecular weight excluding hydrogens is 436 g/mol. The van der Waals surface area contributed by atoms with E-state index in [0.717, 1.165) is 53.6 Å². The lowest BCUT2D eigenvalue weighted by atomic mass is 9.89. The fourth-order valence-corrected chi connectivity index (χ4v) is 4.54. The first kappa shape index (κ1) is 22.9. The molecule has 0 atom stereocenters. The Labute approximate surface area is 205 Å². The standard InChI is InChI=1S/C28H30N6O/c1-18(2)33-25-12-24(14-30-16-25)23-11-22-13-27(32-17-26(22)31-15-23)34-28(35)21-5-3-4-20(10-21)19-6-8-29-9-7-19/h3-5,10-19,29,33H,6-9H2,1-2H3,(H,32,34,35). The van der Waals surface area contributed by atoms with Gasteiger partial charge >= 0.3 is 0 Å². The predicted octanol–water partition coefficient (Wildman–Crippen LogP) is 5.23. The number of hydrogen-bond acceptors (Lipinski definition) is 6. The molecule has 1 aromatic carbocycles. The van der Waals surface area contributed by atoms with Gasteiger partial charge in [-0.05, 0) is 81.6 Å². The van der Waals surface area contributed by atoms with Gasteiger partial charge in [0.05, 0.1) is 17.4 Å². The molecule has 1 amide bonds. The average Bonchev–Trinajstić information content (AvgIpc) is 2.88. The summed E-state index contributed by atoms with van der Waals surface area (Å²) in [4.78, 5) is 26.3. The van der Waals surface area contributed by atoms with E-state index in [4.69, 9.17) is 0 Å². The zero-order valence-electron chi connectivity index (χ0n) is 20.1. The van der Waals surface area contributed by atoms with Crippen molar-refractivity contribution in [2.45, 2.75) is 38.6 Å². The number of hydrogen-bond donors (Lipinski definition) is 3. The minimum atomic E-state index is -0.159. The molecule has 0 saturated carbocycles. The maximum atomic E-state index is 13.0.